The highest BCUT2D eigenvalue weighted by molar-refractivity contribution is 6.03. The first kappa shape index (κ1) is 16.9. The quantitative estimate of drug-likeness (QED) is 0.726. The zero-order valence-corrected chi connectivity index (χ0v) is 13.8. The van der Waals surface area contributed by atoms with E-state index in [2.05, 4.69) is 34.4 Å². The summed E-state index contributed by atoms with van der Waals surface area (Å²) in [4.78, 5) is 20.7. The number of nitrogens with zero attached hydrogens (tertiary/aromatic N) is 2. The van der Waals surface area contributed by atoms with Crippen LogP contribution in [0.4, 0.5) is 11.5 Å². The van der Waals surface area contributed by atoms with Crippen molar-refractivity contribution in [2.24, 2.45) is 0 Å². The Balaban J connectivity index is 1.94. The number of benzene rings is 1. The molecule has 0 bridgehead atoms. The summed E-state index contributed by atoms with van der Waals surface area (Å²) in [6.07, 6.45) is 7.46. The van der Waals surface area contributed by atoms with Gasteiger partial charge in [-0.3, -0.25) is 4.79 Å². The number of hydrogen-bond acceptors (Lipinski definition) is 4. The van der Waals surface area contributed by atoms with Crippen LogP contribution >= 0.6 is 0 Å². The van der Waals surface area contributed by atoms with Gasteiger partial charge in [0.15, 0.2) is 0 Å². The summed E-state index contributed by atoms with van der Waals surface area (Å²) in [5, 5.41) is 6.10. The number of unbranched alkanes of at least 4 members (excludes halogenated alkanes) is 2. The topological polar surface area (TPSA) is 66.9 Å². The molecule has 2 rings (SSSR count). The molecule has 0 aliphatic heterocycles. The van der Waals surface area contributed by atoms with Crippen LogP contribution in [0.25, 0.3) is 0 Å². The van der Waals surface area contributed by atoms with Crippen molar-refractivity contribution in [2.45, 2.75) is 39.5 Å². The van der Waals surface area contributed by atoms with Crippen LogP contribution in [0.1, 0.15) is 49.2 Å². The van der Waals surface area contributed by atoms with Crippen molar-refractivity contribution >= 4 is 17.4 Å². The van der Waals surface area contributed by atoms with Crippen LogP contribution in [-0.2, 0) is 6.42 Å². The number of amides is 1. The van der Waals surface area contributed by atoms with Crippen molar-refractivity contribution in [3.63, 3.8) is 0 Å². The largest absolute Gasteiger partial charge is 0.369 e. The third-order valence-corrected chi connectivity index (χ3v) is 3.62. The SMILES string of the molecule is CCCCCNc1cnc(C(=O)Nc2ccccc2CC)cn1. The number of aromatic nitrogens is 2. The van der Waals surface area contributed by atoms with Crippen LogP contribution in [-0.4, -0.2) is 22.4 Å². The van der Waals surface area contributed by atoms with E-state index in [-0.39, 0.29) is 5.91 Å². The highest BCUT2D eigenvalue weighted by Gasteiger charge is 2.10. The monoisotopic (exact) mass is 312 g/mol. The Morgan fingerprint density at radius 2 is 1.91 bits per heavy atom. The number of carbonyl (C=O) groups is 1. The predicted octanol–water partition coefficient (Wildman–Crippen LogP) is 3.89. The number of para-hydroxylation sites is 1. The molecular weight excluding hydrogens is 288 g/mol. The molecule has 2 aromatic rings. The lowest BCUT2D eigenvalue weighted by Crippen LogP contribution is -2.15. The van der Waals surface area contributed by atoms with Crippen molar-refractivity contribution in [3.8, 4) is 0 Å². The second-order valence-electron chi connectivity index (χ2n) is 5.39. The fourth-order valence-corrected chi connectivity index (χ4v) is 2.26. The Morgan fingerprint density at radius 3 is 2.61 bits per heavy atom. The maximum Gasteiger partial charge on any atom is 0.275 e. The van der Waals surface area contributed by atoms with Gasteiger partial charge < -0.3 is 10.6 Å². The molecule has 2 N–H and O–H groups in total. The van der Waals surface area contributed by atoms with Crippen molar-refractivity contribution in [2.75, 3.05) is 17.2 Å². The van der Waals surface area contributed by atoms with Crippen LogP contribution in [0.5, 0.6) is 0 Å². The Bertz CT molecular complexity index is 625. The second-order valence-corrected chi connectivity index (χ2v) is 5.39. The van der Waals surface area contributed by atoms with Gasteiger partial charge in [0.05, 0.1) is 12.4 Å². The van der Waals surface area contributed by atoms with Gasteiger partial charge in [0, 0.05) is 12.2 Å². The molecule has 0 saturated carbocycles. The fourth-order valence-electron chi connectivity index (χ4n) is 2.26. The van der Waals surface area contributed by atoms with Gasteiger partial charge in [-0.15, -0.1) is 0 Å². The predicted molar refractivity (Wildman–Crippen MR) is 93.8 cm³/mol. The van der Waals surface area contributed by atoms with Crippen LogP contribution in [0.2, 0.25) is 0 Å². The molecular formula is C18H24N4O. The molecule has 0 atom stereocenters. The van der Waals surface area contributed by atoms with Crippen molar-refractivity contribution in [1.82, 2.24) is 9.97 Å². The van der Waals surface area contributed by atoms with E-state index in [4.69, 9.17) is 0 Å². The van der Waals surface area contributed by atoms with E-state index in [0.717, 1.165) is 30.6 Å². The minimum absolute atomic E-state index is 0.240. The first-order valence-electron chi connectivity index (χ1n) is 8.19. The van der Waals surface area contributed by atoms with Crippen LogP contribution in [0.15, 0.2) is 36.7 Å². The molecule has 1 aromatic heterocycles. The molecule has 0 aliphatic carbocycles. The molecule has 0 spiro atoms. The average Bonchev–Trinajstić information content (AvgIpc) is 2.59. The normalized spacial score (nSPS) is 10.3. The van der Waals surface area contributed by atoms with E-state index in [1.165, 1.54) is 19.0 Å². The van der Waals surface area contributed by atoms with E-state index in [1.54, 1.807) is 6.20 Å². The van der Waals surface area contributed by atoms with Gasteiger partial charge in [-0.1, -0.05) is 44.9 Å². The maximum atomic E-state index is 12.3. The Hall–Kier alpha value is -2.43. The molecule has 1 amide bonds. The number of carbonyl (C=O) groups excluding carboxylic acids is 1. The molecule has 1 aromatic carbocycles. The summed E-state index contributed by atoms with van der Waals surface area (Å²) in [5.74, 6) is 0.461. The maximum absolute atomic E-state index is 12.3. The third kappa shape index (κ3) is 5.06. The van der Waals surface area contributed by atoms with Gasteiger partial charge in [0.25, 0.3) is 5.91 Å². The Labute approximate surface area is 137 Å². The molecule has 0 radical (unpaired) electrons. The first-order valence-corrected chi connectivity index (χ1v) is 8.19. The number of nitrogens with one attached hydrogen (secondary N) is 2. The van der Waals surface area contributed by atoms with Gasteiger partial charge >= 0.3 is 0 Å². The summed E-state index contributed by atoms with van der Waals surface area (Å²) in [5.41, 5.74) is 2.24. The molecule has 0 unspecified atom stereocenters. The van der Waals surface area contributed by atoms with E-state index >= 15 is 0 Å². The van der Waals surface area contributed by atoms with Gasteiger partial charge in [0.1, 0.15) is 11.5 Å². The van der Waals surface area contributed by atoms with E-state index < -0.39 is 0 Å². The van der Waals surface area contributed by atoms with Gasteiger partial charge in [-0.05, 0) is 24.5 Å². The van der Waals surface area contributed by atoms with E-state index in [1.807, 2.05) is 24.3 Å². The summed E-state index contributed by atoms with van der Waals surface area (Å²) >= 11 is 0. The lowest BCUT2D eigenvalue weighted by molar-refractivity contribution is 0.102. The van der Waals surface area contributed by atoms with Gasteiger partial charge in [-0.2, -0.15) is 0 Å². The van der Waals surface area contributed by atoms with Crippen molar-refractivity contribution in [1.29, 1.82) is 0 Å². The first-order chi connectivity index (χ1) is 11.2. The van der Waals surface area contributed by atoms with Gasteiger partial charge in [0.2, 0.25) is 0 Å². The zero-order chi connectivity index (χ0) is 16.5. The average molecular weight is 312 g/mol. The van der Waals surface area contributed by atoms with Crippen LogP contribution in [0, 0.1) is 0 Å². The molecule has 0 aliphatic rings. The highest BCUT2D eigenvalue weighted by Crippen LogP contribution is 2.16. The molecule has 1 heterocycles. The molecule has 23 heavy (non-hydrogen) atoms. The summed E-state index contributed by atoms with van der Waals surface area (Å²) < 4.78 is 0. The molecule has 0 saturated heterocycles. The van der Waals surface area contributed by atoms with Crippen LogP contribution < -0.4 is 10.6 Å². The van der Waals surface area contributed by atoms with Crippen LogP contribution in [0.3, 0.4) is 0 Å². The Kier molecular flexibility index (Phi) is 6.54. The summed E-state index contributed by atoms with van der Waals surface area (Å²) in [6, 6.07) is 7.77. The number of aryl methyl sites for hydroxylation is 1. The third-order valence-electron chi connectivity index (χ3n) is 3.62. The molecule has 122 valence electrons. The lowest BCUT2D eigenvalue weighted by atomic mass is 10.1. The van der Waals surface area contributed by atoms with Crippen molar-refractivity contribution in [3.05, 3.63) is 47.9 Å². The minimum atomic E-state index is -0.240. The number of anilines is 2. The van der Waals surface area contributed by atoms with Gasteiger partial charge in [-0.25, -0.2) is 9.97 Å². The van der Waals surface area contributed by atoms with Crippen molar-refractivity contribution < 1.29 is 4.79 Å². The molecule has 5 nitrogen and oxygen atoms in total. The highest BCUT2D eigenvalue weighted by atomic mass is 16.1. The zero-order valence-electron chi connectivity index (χ0n) is 13.8. The van der Waals surface area contributed by atoms with E-state index in [9.17, 15) is 4.79 Å². The molecule has 5 heteroatoms. The Morgan fingerprint density at radius 1 is 1.09 bits per heavy atom. The van der Waals surface area contributed by atoms with E-state index in [0.29, 0.717) is 11.5 Å². The number of hydrogen-bond donors (Lipinski definition) is 2. The number of rotatable bonds is 8. The summed E-state index contributed by atoms with van der Waals surface area (Å²) in [7, 11) is 0. The molecule has 0 fully saturated rings. The summed E-state index contributed by atoms with van der Waals surface area (Å²) in [6.45, 7) is 5.10. The smallest absolute Gasteiger partial charge is 0.275 e. The lowest BCUT2D eigenvalue weighted by Gasteiger charge is -2.09. The second kappa shape index (κ2) is 8.88. The minimum Gasteiger partial charge on any atom is -0.369 e. The fraction of sp³-hybridized carbons (Fsp3) is 0.389. The standard InChI is InChI=1S/C18H24N4O/c1-3-5-8-11-19-17-13-20-16(12-21-17)18(23)22-15-10-7-6-9-14(15)4-2/h6-7,9-10,12-13H,3-5,8,11H2,1-2H3,(H,19,21)(H,22,23).